The first kappa shape index (κ1) is 15.4. The lowest BCUT2D eigenvalue weighted by Crippen LogP contribution is -2.45. The number of methoxy groups -OCH3 is 1. The smallest absolute Gasteiger partial charge is 0.343 e. The van der Waals surface area contributed by atoms with E-state index in [1.54, 1.807) is 12.3 Å². The molecule has 24 heavy (non-hydrogen) atoms. The zero-order valence-corrected chi connectivity index (χ0v) is 13.9. The van der Waals surface area contributed by atoms with Crippen LogP contribution in [0.15, 0.2) is 11.1 Å². The number of esters is 1. The van der Waals surface area contributed by atoms with E-state index in [4.69, 9.17) is 19.9 Å². The van der Waals surface area contributed by atoms with Crippen molar-refractivity contribution in [2.75, 3.05) is 19.5 Å². The van der Waals surface area contributed by atoms with Crippen LogP contribution < -0.4 is 10.5 Å². The summed E-state index contributed by atoms with van der Waals surface area (Å²) < 4.78 is 16.2. The lowest BCUT2D eigenvalue weighted by Gasteiger charge is -2.39. The Morgan fingerprint density at radius 1 is 1.50 bits per heavy atom. The van der Waals surface area contributed by atoms with Gasteiger partial charge >= 0.3 is 5.97 Å². The van der Waals surface area contributed by atoms with Gasteiger partial charge in [0.2, 0.25) is 5.88 Å². The van der Waals surface area contributed by atoms with E-state index in [1.807, 2.05) is 0 Å². The third-order valence-corrected chi connectivity index (χ3v) is 4.83. The van der Waals surface area contributed by atoms with Crippen LogP contribution in [0.3, 0.4) is 0 Å². The van der Waals surface area contributed by atoms with Gasteiger partial charge in [-0.2, -0.15) is 4.98 Å². The first-order valence-corrected chi connectivity index (χ1v) is 8.17. The minimum atomic E-state index is -0.494. The number of nitrogen functional groups attached to an aromatic ring is 1. The molecule has 2 saturated carbocycles. The molecule has 0 amide bonds. The summed E-state index contributed by atoms with van der Waals surface area (Å²) in [7, 11) is 1.33. The number of nitrogens with zero attached hydrogens (tertiary/aromatic N) is 2. The summed E-state index contributed by atoms with van der Waals surface area (Å²) in [6.07, 6.45) is 5.55. The number of anilines is 1. The number of ether oxygens (including phenoxy) is 3. The normalized spacial score (nSPS) is 31.1. The number of fused-ring (bicyclic) bond motifs is 1. The van der Waals surface area contributed by atoms with Gasteiger partial charge in [-0.05, 0) is 25.8 Å². The van der Waals surface area contributed by atoms with Gasteiger partial charge in [-0.15, -0.1) is 0 Å². The molecule has 2 bridgehead atoms. The molecule has 2 saturated heterocycles. The summed E-state index contributed by atoms with van der Waals surface area (Å²) in [5, 5.41) is 0. The number of aromatic nitrogens is 1. The lowest BCUT2D eigenvalue weighted by atomic mass is 9.70. The van der Waals surface area contributed by atoms with Crippen molar-refractivity contribution in [3.63, 3.8) is 0 Å². The Morgan fingerprint density at radius 2 is 2.25 bits per heavy atom. The Kier molecular flexibility index (Phi) is 3.32. The Morgan fingerprint density at radius 3 is 2.83 bits per heavy atom. The number of hydrogen-bond acceptors (Lipinski definition) is 7. The molecule has 7 nitrogen and oxygen atoms in total. The second-order valence-corrected chi connectivity index (χ2v) is 7.20. The van der Waals surface area contributed by atoms with Crippen LogP contribution in [-0.4, -0.2) is 48.1 Å². The first-order chi connectivity index (χ1) is 11.4. The highest BCUT2D eigenvalue weighted by Gasteiger charge is 2.59. The average Bonchev–Trinajstić information content (AvgIpc) is 3.20. The third-order valence-electron chi connectivity index (χ3n) is 4.83. The predicted molar refractivity (Wildman–Crippen MR) is 87.6 cm³/mol. The van der Waals surface area contributed by atoms with Gasteiger partial charge in [-0.3, -0.25) is 4.99 Å². The maximum atomic E-state index is 12.0. The molecule has 2 N–H and O–H groups in total. The number of rotatable bonds is 5. The molecule has 0 atom stereocenters. The van der Waals surface area contributed by atoms with Gasteiger partial charge in [0, 0.05) is 24.6 Å². The average molecular weight is 331 g/mol. The number of carbonyl (C=O) groups excluding carboxylic acids is 1. The van der Waals surface area contributed by atoms with Gasteiger partial charge in [0.1, 0.15) is 17.5 Å². The van der Waals surface area contributed by atoms with Gasteiger partial charge in [0.05, 0.1) is 24.9 Å². The SMILES string of the molecule is COC(=O)c1cc(C=NC23COC(C)(C2)C3)c(N)nc1OC1CC1. The fraction of sp³-hybridized carbons (Fsp3) is 0.588. The van der Waals surface area contributed by atoms with E-state index in [9.17, 15) is 4.79 Å². The summed E-state index contributed by atoms with van der Waals surface area (Å²) in [5.41, 5.74) is 6.71. The lowest BCUT2D eigenvalue weighted by molar-refractivity contribution is 0.0172. The maximum Gasteiger partial charge on any atom is 0.343 e. The largest absolute Gasteiger partial charge is 0.474 e. The number of pyridine rings is 1. The fourth-order valence-corrected chi connectivity index (χ4v) is 3.51. The van der Waals surface area contributed by atoms with Crippen LogP contribution >= 0.6 is 0 Å². The van der Waals surface area contributed by atoms with Gasteiger partial charge in [-0.25, -0.2) is 4.79 Å². The summed E-state index contributed by atoms with van der Waals surface area (Å²) in [4.78, 5) is 20.9. The molecule has 7 heteroatoms. The minimum Gasteiger partial charge on any atom is -0.474 e. The van der Waals surface area contributed by atoms with Gasteiger partial charge in [0.25, 0.3) is 0 Å². The Balaban J connectivity index is 1.61. The van der Waals surface area contributed by atoms with E-state index in [-0.39, 0.29) is 28.7 Å². The molecule has 3 heterocycles. The van der Waals surface area contributed by atoms with Crippen molar-refractivity contribution in [1.82, 2.24) is 4.98 Å². The third kappa shape index (κ3) is 2.62. The molecule has 4 fully saturated rings. The van der Waals surface area contributed by atoms with Crippen LogP contribution in [0.2, 0.25) is 0 Å². The molecular formula is C17H21N3O4. The molecule has 0 unspecified atom stereocenters. The van der Waals surface area contributed by atoms with Crippen molar-refractivity contribution in [3.8, 4) is 5.88 Å². The standard InChI is InChI=1S/C17H21N3O4/c1-16-7-17(8-16,9-23-16)19-6-10-5-12(15(21)22-2)14(20-13(10)18)24-11-3-4-11/h5-6,11H,3-4,7-9H2,1-2H3,(H2,18,20). The van der Waals surface area contributed by atoms with E-state index in [0.717, 1.165) is 25.7 Å². The topological polar surface area (TPSA) is 96.0 Å². The molecule has 0 aromatic carbocycles. The Labute approximate surface area is 140 Å². The molecule has 128 valence electrons. The highest BCUT2D eigenvalue weighted by atomic mass is 16.5. The van der Waals surface area contributed by atoms with Crippen molar-refractivity contribution in [1.29, 1.82) is 0 Å². The number of carbonyl (C=O) groups is 1. The minimum absolute atomic E-state index is 0.0275. The monoisotopic (exact) mass is 331 g/mol. The van der Waals surface area contributed by atoms with E-state index in [1.165, 1.54) is 7.11 Å². The quantitative estimate of drug-likeness (QED) is 0.652. The zero-order chi connectivity index (χ0) is 16.9. The second-order valence-electron chi connectivity index (χ2n) is 7.20. The van der Waals surface area contributed by atoms with E-state index < -0.39 is 5.97 Å². The molecule has 4 aliphatic rings. The summed E-state index contributed by atoms with van der Waals surface area (Å²) in [6.45, 7) is 2.73. The van der Waals surface area contributed by atoms with Gasteiger partial charge in [-0.1, -0.05) is 0 Å². The molecule has 1 aromatic heterocycles. The fourth-order valence-electron chi connectivity index (χ4n) is 3.51. The number of aliphatic imine (C=N–C) groups is 1. The number of nitrogens with two attached hydrogens (primary N) is 1. The highest BCUT2D eigenvalue weighted by molar-refractivity contribution is 5.96. The van der Waals surface area contributed by atoms with Crippen molar-refractivity contribution in [2.45, 2.75) is 49.9 Å². The van der Waals surface area contributed by atoms with Crippen LogP contribution in [0.4, 0.5) is 5.82 Å². The van der Waals surface area contributed by atoms with Crippen LogP contribution in [0, 0.1) is 0 Å². The summed E-state index contributed by atoms with van der Waals surface area (Å²) in [6, 6.07) is 1.64. The van der Waals surface area contributed by atoms with Crippen LogP contribution in [-0.2, 0) is 9.47 Å². The molecule has 5 rings (SSSR count). The summed E-state index contributed by atoms with van der Waals surface area (Å²) in [5.74, 6) is 0.0309. The highest BCUT2D eigenvalue weighted by Crippen LogP contribution is 2.53. The molecule has 2 aliphatic carbocycles. The van der Waals surface area contributed by atoms with E-state index in [2.05, 4.69) is 16.9 Å². The van der Waals surface area contributed by atoms with Gasteiger partial charge in [0.15, 0.2) is 0 Å². The molecule has 0 radical (unpaired) electrons. The first-order valence-electron chi connectivity index (χ1n) is 8.17. The zero-order valence-electron chi connectivity index (χ0n) is 13.9. The molecule has 0 spiro atoms. The van der Waals surface area contributed by atoms with E-state index in [0.29, 0.717) is 18.0 Å². The maximum absolute atomic E-state index is 12.0. The van der Waals surface area contributed by atoms with E-state index >= 15 is 0 Å². The van der Waals surface area contributed by atoms with Crippen molar-refractivity contribution < 1.29 is 19.0 Å². The van der Waals surface area contributed by atoms with Gasteiger partial charge < -0.3 is 19.9 Å². The summed E-state index contributed by atoms with van der Waals surface area (Å²) >= 11 is 0. The van der Waals surface area contributed by atoms with Crippen molar-refractivity contribution >= 4 is 18.0 Å². The number of hydrogen-bond donors (Lipinski definition) is 1. The van der Waals surface area contributed by atoms with Crippen molar-refractivity contribution in [3.05, 3.63) is 17.2 Å². The second kappa shape index (κ2) is 5.17. The molecular weight excluding hydrogens is 310 g/mol. The molecule has 2 aliphatic heterocycles. The Hall–Kier alpha value is -2.15. The molecule has 1 aromatic rings. The van der Waals surface area contributed by atoms with Crippen LogP contribution in [0.25, 0.3) is 0 Å². The predicted octanol–water partition coefficient (Wildman–Crippen LogP) is 1.73. The van der Waals surface area contributed by atoms with Crippen molar-refractivity contribution in [2.24, 2.45) is 4.99 Å². The Bertz CT molecular complexity index is 721. The van der Waals surface area contributed by atoms with Crippen LogP contribution in [0.1, 0.15) is 48.5 Å². The van der Waals surface area contributed by atoms with Crippen LogP contribution in [0.5, 0.6) is 5.88 Å².